The number of carbonyl (C=O) groups excluding carboxylic acids is 1. The fourth-order valence-corrected chi connectivity index (χ4v) is 3.97. The fourth-order valence-electron chi connectivity index (χ4n) is 3.97. The van der Waals surface area contributed by atoms with Gasteiger partial charge in [-0.05, 0) is 31.5 Å². The lowest BCUT2D eigenvalue weighted by atomic mass is 9.95. The Morgan fingerprint density at radius 1 is 1.22 bits per heavy atom. The minimum absolute atomic E-state index is 0.119. The Morgan fingerprint density at radius 3 is 2.74 bits per heavy atom. The number of nitrogens with two attached hydrogens (primary N) is 1. The van der Waals surface area contributed by atoms with Crippen molar-refractivity contribution in [1.29, 1.82) is 0 Å². The number of aromatic nitrogens is 2. The number of carbonyl (C=O) groups is 1. The summed E-state index contributed by atoms with van der Waals surface area (Å²) in [4.78, 5) is 23.8. The number of likely N-dealkylation sites (tertiary alicyclic amines) is 1. The van der Waals surface area contributed by atoms with Crippen molar-refractivity contribution in [3.63, 3.8) is 0 Å². The van der Waals surface area contributed by atoms with Gasteiger partial charge in [0, 0.05) is 31.3 Å². The third-order valence-electron chi connectivity index (χ3n) is 5.33. The highest BCUT2D eigenvalue weighted by molar-refractivity contribution is 6.01. The van der Waals surface area contributed by atoms with Gasteiger partial charge in [-0.2, -0.15) is 0 Å². The van der Waals surface area contributed by atoms with Crippen LogP contribution in [0.2, 0.25) is 0 Å². The van der Waals surface area contributed by atoms with E-state index in [0.29, 0.717) is 5.92 Å². The number of hydrogen-bond donors (Lipinski definition) is 1. The van der Waals surface area contributed by atoms with Gasteiger partial charge < -0.3 is 15.1 Å². The molecule has 1 unspecified atom stereocenters. The molecule has 0 radical (unpaired) electrons. The molecule has 0 spiro atoms. The highest BCUT2D eigenvalue weighted by Gasteiger charge is 2.28. The molecular weight excluding hydrogens is 342 g/mol. The van der Waals surface area contributed by atoms with Crippen molar-refractivity contribution < 1.29 is 9.63 Å². The van der Waals surface area contributed by atoms with Gasteiger partial charge in [-0.15, -0.1) is 0 Å². The second kappa shape index (κ2) is 7.92. The molecule has 1 aromatic carbocycles. The Bertz CT molecular complexity index is 809. The van der Waals surface area contributed by atoms with Gasteiger partial charge in [0.2, 0.25) is 5.91 Å². The molecule has 4 rings (SSSR count). The molecule has 2 aliphatic heterocycles. The topological polar surface area (TPSA) is 85.7 Å². The van der Waals surface area contributed by atoms with Gasteiger partial charge in [-0.25, -0.2) is 4.98 Å². The number of oxime groups is 1. The van der Waals surface area contributed by atoms with Crippen LogP contribution in [0.4, 0.5) is 0 Å². The summed E-state index contributed by atoms with van der Waals surface area (Å²) in [6.45, 7) is 3.08. The van der Waals surface area contributed by atoms with E-state index in [1.54, 1.807) is 6.20 Å². The molecule has 0 bridgehead atoms. The number of piperidine rings is 1. The quantitative estimate of drug-likeness (QED) is 0.843. The zero-order valence-electron chi connectivity index (χ0n) is 15.3. The second-order valence-electron chi connectivity index (χ2n) is 7.29. The van der Waals surface area contributed by atoms with E-state index >= 15 is 0 Å². The monoisotopic (exact) mass is 367 g/mol. The van der Waals surface area contributed by atoms with Gasteiger partial charge in [-0.3, -0.25) is 9.69 Å². The van der Waals surface area contributed by atoms with Gasteiger partial charge in [0.1, 0.15) is 18.5 Å². The van der Waals surface area contributed by atoms with Crippen LogP contribution >= 0.6 is 0 Å². The Balaban J connectivity index is 1.27. The summed E-state index contributed by atoms with van der Waals surface area (Å²) in [5.41, 5.74) is 7.50. The third-order valence-corrected chi connectivity index (χ3v) is 5.33. The van der Waals surface area contributed by atoms with Crippen LogP contribution in [0.25, 0.3) is 0 Å². The standard InChI is InChI=1S/C20H25N5O2/c21-19(26)14-25-11-8-22-20(25)16-6-9-24(10-7-16)13-17-12-18(23-27-17)15-4-2-1-3-5-15/h1-5,8,11,16-17H,6-7,9-10,12-14H2,(H2,21,26). The molecular formula is C20H25N5O2. The van der Waals surface area contributed by atoms with Crippen molar-refractivity contribution >= 4 is 11.6 Å². The largest absolute Gasteiger partial charge is 0.390 e. The highest BCUT2D eigenvalue weighted by atomic mass is 16.6. The zero-order chi connectivity index (χ0) is 18.6. The van der Waals surface area contributed by atoms with Crippen LogP contribution < -0.4 is 5.73 Å². The first-order valence-electron chi connectivity index (χ1n) is 9.49. The van der Waals surface area contributed by atoms with E-state index < -0.39 is 0 Å². The maximum Gasteiger partial charge on any atom is 0.237 e. The first-order valence-corrected chi connectivity index (χ1v) is 9.49. The van der Waals surface area contributed by atoms with E-state index in [9.17, 15) is 4.79 Å². The maximum absolute atomic E-state index is 11.2. The molecule has 0 saturated carbocycles. The normalized spacial score (nSPS) is 21.0. The number of hydrogen-bond acceptors (Lipinski definition) is 5. The fraction of sp³-hybridized carbons (Fsp3) is 0.450. The SMILES string of the molecule is NC(=O)Cn1ccnc1C1CCN(CC2CC(c3ccccc3)=NO2)CC1. The molecule has 1 amide bonds. The van der Waals surface area contributed by atoms with E-state index in [1.165, 1.54) is 0 Å². The van der Waals surface area contributed by atoms with Crippen molar-refractivity contribution in [3.8, 4) is 0 Å². The predicted molar refractivity (Wildman–Crippen MR) is 102 cm³/mol. The van der Waals surface area contributed by atoms with Gasteiger partial charge in [0.25, 0.3) is 0 Å². The first kappa shape index (κ1) is 17.7. The molecule has 27 heavy (non-hydrogen) atoms. The Kier molecular flexibility index (Phi) is 5.20. The van der Waals surface area contributed by atoms with Crippen molar-refractivity contribution in [2.75, 3.05) is 19.6 Å². The summed E-state index contributed by atoms with van der Waals surface area (Å²) < 4.78 is 1.88. The van der Waals surface area contributed by atoms with Crippen LogP contribution in [0.3, 0.4) is 0 Å². The lowest BCUT2D eigenvalue weighted by molar-refractivity contribution is -0.118. The summed E-state index contributed by atoms with van der Waals surface area (Å²) in [6, 6.07) is 10.2. The summed E-state index contributed by atoms with van der Waals surface area (Å²) in [7, 11) is 0. The van der Waals surface area contributed by atoms with E-state index in [1.807, 2.05) is 29.0 Å². The van der Waals surface area contributed by atoms with Crippen molar-refractivity contribution in [2.45, 2.75) is 37.8 Å². The van der Waals surface area contributed by atoms with Crippen LogP contribution in [0.1, 0.15) is 36.6 Å². The lowest BCUT2D eigenvalue weighted by Gasteiger charge is -2.32. The molecule has 0 aliphatic carbocycles. The Hall–Kier alpha value is -2.67. The molecule has 2 aliphatic rings. The number of amides is 1. The molecule has 2 aromatic rings. The molecule has 7 heteroatoms. The van der Waals surface area contributed by atoms with E-state index in [2.05, 4.69) is 27.2 Å². The number of benzene rings is 1. The molecule has 142 valence electrons. The highest BCUT2D eigenvalue weighted by Crippen LogP contribution is 2.28. The van der Waals surface area contributed by atoms with Crippen molar-refractivity contribution in [1.82, 2.24) is 14.5 Å². The molecule has 1 atom stereocenters. The predicted octanol–water partition coefficient (Wildman–Crippen LogP) is 1.74. The summed E-state index contributed by atoms with van der Waals surface area (Å²) in [5, 5.41) is 4.28. The molecule has 2 N–H and O–H groups in total. The smallest absolute Gasteiger partial charge is 0.237 e. The van der Waals surface area contributed by atoms with Crippen molar-refractivity contribution in [2.24, 2.45) is 10.9 Å². The summed E-state index contributed by atoms with van der Waals surface area (Å²) in [6.07, 6.45) is 6.60. The molecule has 1 aromatic heterocycles. The zero-order valence-corrected chi connectivity index (χ0v) is 15.3. The maximum atomic E-state index is 11.2. The van der Waals surface area contributed by atoms with Crippen LogP contribution in [-0.2, 0) is 16.2 Å². The van der Waals surface area contributed by atoms with E-state index in [-0.39, 0.29) is 18.6 Å². The van der Waals surface area contributed by atoms with E-state index in [0.717, 1.165) is 56.0 Å². The van der Waals surface area contributed by atoms with Crippen LogP contribution in [-0.4, -0.2) is 51.8 Å². The molecule has 3 heterocycles. The first-order chi connectivity index (χ1) is 13.2. The summed E-state index contributed by atoms with van der Waals surface area (Å²) >= 11 is 0. The molecule has 1 fully saturated rings. The molecule has 1 saturated heterocycles. The second-order valence-corrected chi connectivity index (χ2v) is 7.29. The average Bonchev–Trinajstić information content (AvgIpc) is 3.32. The molecule has 7 nitrogen and oxygen atoms in total. The number of rotatable bonds is 6. The van der Waals surface area contributed by atoms with Gasteiger partial charge in [0.15, 0.2) is 0 Å². The number of primary amides is 1. The summed E-state index contributed by atoms with van der Waals surface area (Å²) in [5.74, 6) is 1.01. The Morgan fingerprint density at radius 2 is 2.00 bits per heavy atom. The average molecular weight is 367 g/mol. The third kappa shape index (κ3) is 4.19. The van der Waals surface area contributed by atoms with Crippen LogP contribution in [0, 0.1) is 0 Å². The minimum Gasteiger partial charge on any atom is -0.390 e. The van der Waals surface area contributed by atoms with Gasteiger partial charge in [-0.1, -0.05) is 35.5 Å². The van der Waals surface area contributed by atoms with Crippen LogP contribution in [0.5, 0.6) is 0 Å². The van der Waals surface area contributed by atoms with E-state index in [4.69, 9.17) is 10.6 Å². The van der Waals surface area contributed by atoms with Crippen molar-refractivity contribution in [3.05, 3.63) is 54.1 Å². The minimum atomic E-state index is -0.334. The number of nitrogens with zero attached hydrogens (tertiary/aromatic N) is 4. The lowest BCUT2D eigenvalue weighted by Crippen LogP contribution is -2.39. The van der Waals surface area contributed by atoms with Crippen LogP contribution in [0.15, 0.2) is 47.9 Å². The van der Waals surface area contributed by atoms with Gasteiger partial charge >= 0.3 is 0 Å². The van der Waals surface area contributed by atoms with Gasteiger partial charge in [0.05, 0.1) is 5.71 Å². The number of imidazole rings is 1. The Labute approximate surface area is 158 Å².